The summed E-state index contributed by atoms with van der Waals surface area (Å²) in [5.41, 5.74) is 10.7. The van der Waals surface area contributed by atoms with Crippen LogP contribution in [-0.4, -0.2) is 9.13 Å². The number of para-hydroxylation sites is 4. The van der Waals surface area contributed by atoms with E-state index in [4.69, 9.17) is 0 Å². The molecule has 50 heavy (non-hydrogen) atoms. The van der Waals surface area contributed by atoms with Gasteiger partial charge in [0.05, 0.1) is 62.7 Å². The lowest BCUT2D eigenvalue weighted by Crippen LogP contribution is -2.01. The SMILES string of the molecule is N#Cc1ccc2c(c1)c1ccccc1n2-c1ccc(C#N)c(-c2cccc(C#N)c2-c2ccccc2-n2c3ccccc3c3ccccc32)c1. The van der Waals surface area contributed by atoms with E-state index in [0.717, 1.165) is 77.2 Å². The van der Waals surface area contributed by atoms with Crippen molar-refractivity contribution in [2.24, 2.45) is 0 Å². The fourth-order valence-electron chi connectivity index (χ4n) is 7.53. The van der Waals surface area contributed by atoms with Crippen molar-refractivity contribution in [3.8, 4) is 51.8 Å². The molecule has 230 valence electrons. The van der Waals surface area contributed by atoms with Gasteiger partial charge in [-0.05, 0) is 72.3 Å². The van der Waals surface area contributed by atoms with Gasteiger partial charge in [0.15, 0.2) is 0 Å². The van der Waals surface area contributed by atoms with Crippen molar-refractivity contribution in [3.63, 3.8) is 0 Å². The number of hydrogen-bond acceptors (Lipinski definition) is 3. The molecule has 0 aliphatic heterocycles. The highest BCUT2D eigenvalue weighted by Gasteiger charge is 2.22. The van der Waals surface area contributed by atoms with Gasteiger partial charge in [-0.3, -0.25) is 0 Å². The molecule has 0 aliphatic rings. The lowest BCUT2D eigenvalue weighted by atomic mass is 9.88. The van der Waals surface area contributed by atoms with Gasteiger partial charge in [-0.2, -0.15) is 15.8 Å². The maximum atomic E-state index is 10.6. The fourth-order valence-corrected chi connectivity index (χ4v) is 7.53. The summed E-state index contributed by atoms with van der Waals surface area (Å²) in [5, 5.41) is 35.0. The first-order valence-electron chi connectivity index (χ1n) is 16.3. The average Bonchev–Trinajstić information content (AvgIpc) is 3.70. The first-order chi connectivity index (χ1) is 24.7. The zero-order valence-electron chi connectivity index (χ0n) is 26.7. The highest BCUT2D eigenvalue weighted by Crippen LogP contribution is 2.43. The second-order valence-corrected chi connectivity index (χ2v) is 12.3. The topological polar surface area (TPSA) is 81.2 Å². The van der Waals surface area contributed by atoms with E-state index in [1.165, 1.54) is 0 Å². The third-order valence-corrected chi connectivity index (χ3v) is 9.65. The molecule has 2 heterocycles. The molecule has 0 fully saturated rings. The molecule has 0 amide bonds. The van der Waals surface area contributed by atoms with Crippen molar-refractivity contribution in [2.45, 2.75) is 0 Å². The van der Waals surface area contributed by atoms with Crippen LogP contribution < -0.4 is 0 Å². The Hall–Kier alpha value is -7.39. The van der Waals surface area contributed by atoms with Gasteiger partial charge in [-0.25, -0.2) is 0 Å². The van der Waals surface area contributed by atoms with Gasteiger partial charge in [0, 0.05) is 43.9 Å². The third kappa shape index (κ3) is 4.24. The first kappa shape index (κ1) is 28.8. The zero-order valence-corrected chi connectivity index (χ0v) is 26.7. The van der Waals surface area contributed by atoms with Gasteiger partial charge in [0.2, 0.25) is 0 Å². The Morgan fingerprint density at radius 3 is 1.64 bits per heavy atom. The smallest absolute Gasteiger partial charge is 0.0998 e. The Balaban J connectivity index is 1.33. The maximum Gasteiger partial charge on any atom is 0.0998 e. The highest BCUT2D eigenvalue weighted by molar-refractivity contribution is 6.11. The lowest BCUT2D eigenvalue weighted by molar-refractivity contribution is 1.18. The minimum absolute atomic E-state index is 0.506. The molecule has 0 atom stereocenters. The van der Waals surface area contributed by atoms with Crippen molar-refractivity contribution in [3.05, 3.63) is 168 Å². The summed E-state index contributed by atoms with van der Waals surface area (Å²) in [6.45, 7) is 0. The standard InChI is InChI=1S/C45H25N5/c46-26-29-20-23-44-39(24-29)35-13-3-5-16-40(35)49(44)32-22-21-30(27-47)38(25-32)36-15-9-10-31(28-48)45(36)37-14-4-8-19-43(37)50-41-17-6-1-11-33(41)34-12-2-7-18-42(34)50/h1-25H. The van der Waals surface area contributed by atoms with E-state index in [1.54, 1.807) is 0 Å². The number of fused-ring (bicyclic) bond motifs is 6. The molecule has 5 heteroatoms. The minimum atomic E-state index is 0.506. The molecule has 0 saturated heterocycles. The van der Waals surface area contributed by atoms with Crippen LogP contribution in [0, 0.1) is 34.0 Å². The van der Waals surface area contributed by atoms with Crippen LogP contribution in [-0.2, 0) is 0 Å². The van der Waals surface area contributed by atoms with Gasteiger partial charge < -0.3 is 9.13 Å². The summed E-state index contributed by atoms with van der Waals surface area (Å²) in [7, 11) is 0. The number of rotatable bonds is 4. The molecule has 2 aromatic heterocycles. The van der Waals surface area contributed by atoms with Gasteiger partial charge in [0.25, 0.3) is 0 Å². The van der Waals surface area contributed by atoms with Crippen molar-refractivity contribution in [1.82, 2.24) is 9.13 Å². The highest BCUT2D eigenvalue weighted by atomic mass is 15.0. The van der Waals surface area contributed by atoms with Crippen LogP contribution >= 0.6 is 0 Å². The number of hydrogen-bond donors (Lipinski definition) is 0. The van der Waals surface area contributed by atoms with Crippen LogP contribution in [0.25, 0.3) is 77.2 Å². The van der Waals surface area contributed by atoms with Crippen molar-refractivity contribution in [1.29, 1.82) is 15.8 Å². The average molecular weight is 636 g/mol. The lowest BCUT2D eigenvalue weighted by Gasteiger charge is -2.19. The molecule has 0 radical (unpaired) electrons. The Morgan fingerprint density at radius 2 is 0.960 bits per heavy atom. The van der Waals surface area contributed by atoms with E-state index in [2.05, 4.69) is 100 Å². The molecule has 0 bridgehead atoms. The van der Waals surface area contributed by atoms with Crippen LogP contribution in [0.5, 0.6) is 0 Å². The first-order valence-corrected chi connectivity index (χ1v) is 16.3. The van der Waals surface area contributed by atoms with E-state index < -0.39 is 0 Å². The van der Waals surface area contributed by atoms with Gasteiger partial charge in [0.1, 0.15) is 0 Å². The zero-order chi connectivity index (χ0) is 33.8. The van der Waals surface area contributed by atoms with E-state index in [0.29, 0.717) is 16.7 Å². The molecule has 0 aliphatic carbocycles. The summed E-state index contributed by atoms with van der Waals surface area (Å²) < 4.78 is 4.45. The second-order valence-electron chi connectivity index (χ2n) is 12.3. The molecule has 0 N–H and O–H groups in total. The second kappa shape index (κ2) is 11.4. The molecule has 9 rings (SSSR count). The quantitative estimate of drug-likeness (QED) is 0.193. The molecule has 0 unspecified atom stereocenters. The fraction of sp³-hybridized carbons (Fsp3) is 0. The predicted octanol–water partition coefficient (Wildman–Crippen LogP) is 10.8. The Kier molecular flexibility index (Phi) is 6.56. The summed E-state index contributed by atoms with van der Waals surface area (Å²) >= 11 is 0. The summed E-state index contributed by atoms with van der Waals surface area (Å²) in [6.07, 6.45) is 0. The van der Waals surface area contributed by atoms with E-state index in [-0.39, 0.29) is 0 Å². The molecule has 5 nitrogen and oxygen atoms in total. The third-order valence-electron chi connectivity index (χ3n) is 9.65. The van der Waals surface area contributed by atoms with Crippen molar-refractivity contribution >= 4 is 43.6 Å². The number of nitriles is 3. The molecule has 0 saturated carbocycles. The summed E-state index contributed by atoms with van der Waals surface area (Å²) in [6, 6.07) is 57.6. The summed E-state index contributed by atoms with van der Waals surface area (Å²) in [4.78, 5) is 0. The van der Waals surface area contributed by atoms with Gasteiger partial charge >= 0.3 is 0 Å². The number of nitrogens with zero attached hydrogens (tertiary/aromatic N) is 5. The Bertz CT molecular complexity index is 2920. The Morgan fingerprint density at radius 1 is 0.380 bits per heavy atom. The molecule has 9 aromatic rings. The molecular formula is C45H25N5. The van der Waals surface area contributed by atoms with Crippen LogP contribution in [0.15, 0.2) is 152 Å². The van der Waals surface area contributed by atoms with E-state index in [1.807, 2.05) is 78.9 Å². The maximum absolute atomic E-state index is 10.6. The van der Waals surface area contributed by atoms with E-state index in [9.17, 15) is 15.8 Å². The minimum Gasteiger partial charge on any atom is -0.309 e. The number of benzene rings is 7. The van der Waals surface area contributed by atoms with Gasteiger partial charge in [-0.15, -0.1) is 0 Å². The van der Waals surface area contributed by atoms with E-state index >= 15 is 0 Å². The monoisotopic (exact) mass is 635 g/mol. The van der Waals surface area contributed by atoms with Crippen molar-refractivity contribution < 1.29 is 0 Å². The summed E-state index contributed by atoms with van der Waals surface area (Å²) in [5.74, 6) is 0. The molecule has 7 aromatic carbocycles. The molecule has 0 spiro atoms. The van der Waals surface area contributed by atoms with Gasteiger partial charge in [-0.1, -0.05) is 84.9 Å². The van der Waals surface area contributed by atoms with Crippen LogP contribution in [0.3, 0.4) is 0 Å². The largest absolute Gasteiger partial charge is 0.309 e. The molecular weight excluding hydrogens is 611 g/mol. The number of aromatic nitrogens is 2. The van der Waals surface area contributed by atoms with Crippen LogP contribution in [0.1, 0.15) is 16.7 Å². The van der Waals surface area contributed by atoms with Crippen LogP contribution in [0.4, 0.5) is 0 Å². The Labute approximate surface area is 287 Å². The van der Waals surface area contributed by atoms with Crippen molar-refractivity contribution in [2.75, 3.05) is 0 Å². The van der Waals surface area contributed by atoms with Crippen LogP contribution in [0.2, 0.25) is 0 Å². The predicted molar refractivity (Wildman–Crippen MR) is 200 cm³/mol. The normalized spacial score (nSPS) is 11.1.